The van der Waals surface area contributed by atoms with Crippen LogP contribution in [-0.4, -0.2) is 32.1 Å². The van der Waals surface area contributed by atoms with Crippen LogP contribution in [0.5, 0.6) is 0 Å². The first-order chi connectivity index (χ1) is 9.22. The van der Waals surface area contributed by atoms with Gasteiger partial charge in [0.15, 0.2) is 5.58 Å². The fourth-order valence-corrected chi connectivity index (χ4v) is 2.11. The smallest absolute Gasteiger partial charge is 0.167 e. The number of aromatic nitrogens is 4. The number of rotatable bonds is 4. The minimum Gasteiger partial charge on any atom is -0.356 e. The van der Waals surface area contributed by atoms with Crippen LogP contribution in [0.3, 0.4) is 0 Å². The molecule has 98 valence electrons. The molecule has 6 nitrogen and oxygen atoms in total. The maximum Gasteiger partial charge on any atom is 0.167 e. The SMILES string of the molecule is CN(Cc1cn(C)nn1)Cc1noc2ccccc12. The molecule has 0 amide bonds. The summed E-state index contributed by atoms with van der Waals surface area (Å²) in [4.78, 5) is 2.13. The van der Waals surface area contributed by atoms with Gasteiger partial charge < -0.3 is 4.52 Å². The van der Waals surface area contributed by atoms with Crippen molar-refractivity contribution < 1.29 is 4.52 Å². The lowest BCUT2D eigenvalue weighted by Gasteiger charge is -2.12. The molecule has 2 aromatic heterocycles. The lowest BCUT2D eigenvalue weighted by Crippen LogP contribution is -2.17. The summed E-state index contributed by atoms with van der Waals surface area (Å²) in [6.07, 6.45) is 1.91. The number of aryl methyl sites for hydroxylation is 1. The molecule has 0 saturated heterocycles. The van der Waals surface area contributed by atoms with Crippen molar-refractivity contribution in [2.75, 3.05) is 7.05 Å². The Hall–Kier alpha value is -2.21. The van der Waals surface area contributed by atoms with Crippen LogP contribution < -0.4 is 0 Å². The molecule has 0 fully saturated rings. The number of hydrogen-bond acceptors (Lipinski definition) is 5. The van der Waals surface area contributed by atoms with Crippen molar-refractivity contribution in [1.82, 2.24) is 25.1 Å². The zero-order valence-corrected chi connectivity index (χ0v) is 10.9. The van der Waals surface area contributed by atoms with E-state index in [2.05, 4.69) is 20.4 Å². The van der Waals surface area contributed by atoms with Gasteiger partial charge in [-0.2, -0.15) is 0 Å². The standard InChI is InChI=1S/C13H15N5O/c1-17(7-10-8-18(2)16-14-10)9-12-11-5-3-4-6-13(11)19-15-12/h3-6,8H,7,9H2,1-2H3. The first-order valence-corrected chi connectivity index (χ1v) is 6.09. The number of para-hydroxylation sites is 1. The van der Waals surface area contributed by atoms with E-state index in [9.17, 15) is 0 Å². The molecule has 3 aromatic rings. The Kier molecular flexibility index (Phi) is 3.00. The molecule has 0 atom stereocenters. The lowest BCUT2D eigenvalue weighted by atomic mass is 10.2. The lowest BCUT2D eigenvalue weighted by molar-refractivity contribution is 0.303. The van der Waals surface area contributed by atoms with E-state index in [4.69, 9.17) is 4.52 Å². The highest BCUT2D eigenvalue weighted by molar-refractivity contribution is 5.79. The number of fused-ring (bicyclic) bond motifs is 1. The van der Waals surface area contributed by atoms with E-state index in [1.807, 2.05) is 44.6 Å². The Morgan fingerprint density at radius 3 is 2.89 bits per heavy atom. The van der Waals surface area contributed by atoms with E-state index < -0.39 is 0 Å². The molecule has 19 heavy (non-hydrogen) atoms. The van der Waals surface area contributed by atoms with Crippen LogP contribution in [0.4, 0.5) is 0 Å². The highest BCUT2D eigenvalue weighted by Crippen LogP contribution is 2.19. The molecular formula is C13H15N5O. The van der Waals surface area contributed by atoms with E-state index >= 15 is 0 Å². The highest BCUT2D eigenvalue weighted by Gasteiger charge is 2.11. The predicted molar refractivity (Wildman–Crippen MR) is 70.2 cm³/mol. The summed E-state index contributed by atoms with van der Waals surface area (Å²) >= 11 is 0. The third-order valence-electron chi connectivity index (χ3n) is 2.95. The Labute approximate surface area is 110 Å². The van der Waals surface area contributed by atoms with Gasteiger partial charge in [0.25, 0.3) is 0 Å². The van der Waals surface area contributed by atoms with Crippen molar-refractivity contribution in [3.8, 4) is 0 Å². The van der Waals surface area contributed by atoms with E-state index in [1.54, 1.807) is 4.68 Å². The normalized spacial score (nSPS) is 11.5. The Balaban J connectivity index is 1.74. The van der Waals surface area contributed by atoms with Gasteiger partial charge in [-0.1, -0.05) is 22.5 Å². The average Bonchev–Trinajstić information content (AvgIpc) is 2.97. The first-order valence-electron chi connectivity index (χ1n) is 6.09. The van der Waals surface area contributed by atoms with Crippen LogP contribution in [0.1, 0.15) is 11.4 Å². The number of benzene rings is 1. The first kappa shape index (κ1) is 11.9. The van der Waals surface area contributed by atoms with Gasteiger partial charge in [-0.25, -0.2) is 0 Å². The Bertz CT molecular complexity index is 687. The molecule has 0 bridgehead atoms. The zero-order chi connectivity index (χ0) is 13.2. The molecule has 0 unspecified atom stereocenters. The van der Waals surface area contributed by atoms with Gasteiger partial charge in [0.05, 0.1) is 5.69 Å². The minimum absolute atomic E-state index is 0.716. The van der Waals surface area contributed by atoms with Crippen molar-refractivity contribution >= 4 is 11.0 Å². The largest absolute Gasteiger partial charge is 0.356 e. The summed E-state index contributed by atoms with van der Waals surface area (Å²) in [5.41, 5.74) is 2.71. The second-order valence-corrected chi connectivity index (χ2v) is 4.68. The Morgan fingerprint density at radius 1 is 1.26 bits per heavy atom. The quantitative estimate of drug-likeness (QED) is 0.710. The fourth-order valence-electron chi connectivity index (χ4n) is 2.11. The topological polar surface area (TPSA) is 60.0 Å². The molecule has 0 aliphatic rings. The van der Waals surface area contributed by atoms with Crippen molar-refractivity contribution in [2.24, 2.45) is 7.05 Å². The van der Waals surface area contributed by atoms with Crippen LogP contribution in [0, 0.1) is 0 Å². The van der Waals surface area contributed by atoms with Crippen LogP contribution in [0.25, 0.3) is 11.0 Å². The van der Waals surface area contributed by atoms with E-state index in [-0.39, 0.29) is 0 Å². The maximum absolute atomic E-state index is 5.30. The molecule has 2 heterocycles. The van der Waals surface area contributed by atoms with Crippen molar-refractivity contribution in [1.29, 1.82) is 0 Å². The summed E-state index contributed by atoms with van der Waals surface area (Å²) in [5.74, 6) is 0. The average molecular weight is 257 g/mol. The third-order valence-corrected chi connectivity index (χ3v) is 2.95. The molecule has 3 rings (SSSR count). The molecule has 0 aliphatic heterocycles. The minimum atomic E-state index is 0.716. The van der Waals surface area contributed by atoms with Gasteiger partial charge in [-0.3, -0.25) is 9.58 Å². The zero-order valence-electron chi connectivity index (χ0n) is 10.9. The number of hydrogen-bond donors (Lipinski definition) is 0. The van der Waals surface area contributed by atoms with Gasteiger partial charge in [0.1, 0.15) is 5.69 Å². The van der Waals surface area contributed by atoms with E-state index in [0.29, 0.717) is 6.54 Å². The second kappa shape index (κ2) is 4.81. The Morgan fingerprint density at radius 2 is 2.11 bits per heavy atom. The monoisotopic (exact) mass is 257 g/mol. The molecule has 0 radical (unpaired) electrons. The molecule has 0 N–H and O–H groups in total. The van der Waals surface area contributed by atoms with Gasteiger partial charge in [0.2, 0.25) is 0 Å². The highest BCUT2D eigenvalue weighted by atomic mass is 16.5. The van der Waals surface area contributed by atoms with Crippen molar-refractivity contribution in [2.45, 2.75) is 13.1 Å². The van der Waals surface area contributed by atoms with Crippen LogP contribution in [0.15, 0.2) is 35.0 Å². The summed E-state index contributed by atoms with van der Waals surface area (Å²) in [6, 6.07) is 7.89. The second-order valence-electron chi connectivity index (χ2n) is 4.68. The van der Waals surface area contributed by atoms with Crippen molar-refractivity contribution in [3.05, 3.63) is 41.9 Å². The molecular weight excluding hydrogens is 242 g/mol. The summed E-state index contributed by atoms with van der Waals surface area (Å²) in [7, 11) is 3.89. The molecule has 0 saturated carbocycles. The van der Waals surface area contributed by atoms with E-state index in [1.165, 1.54) is 0 Å². The third kappa shape index (κ3) is 2.48. The molecule has 0 aliphatic carbocycles. The summed E-state index contributed by atoms with van der Waals surface area (Å²) in [5, 5.41) is 13.2. The predicted octanol–water partition coefficient (Wildman–Crippen LogP) is 1.59. The maximum atomic E-state index is 5.30. The van der Waals surface area contributed by atoms with Crippen LogP contribution in [-0.2, 0) is 20.1 Å². The summed E-state index contributed by atoms with van der Waals surface area (Å²) in [6.45, 7) is 1.45. The summed E-state index contributed by atoms with van der Waals surface area (Å²) < 4.78 is 7.00. The van der Waals surface area contributed by atoms with E-state index in [0.717, 1.165) is 28.9 Å². The molecule has 6 heteroatoms. The fraction of sp³-hybridized carbons (Fsp3) is 0.308. The van der Waals surface area contributed by atoms with Crippen LogP contribution >= 0.6 is 0 Å². The van der Waals surface area contributed by atoms with Gasteiger partial charge in [-0.15, -0.1) is 5.10 Å². The molecule has 0 spiro atoms. The van der Waals surface area contributed by atoms with Crippen LogP contribution in [0.2, 0.25) is 0 Å². The van der Waals surface area contributed by atoms with Gasteiger partial charge in [0, 0.05) is 31.7 Å². The van der Waals surface area contributed by atoms with Gasteiger partial charge in [-0.05, 0) is 19.2 Å². The van der Waals surface area contributed by atoms with Crippen molar-refractivity contribution in [3.63, 3.8) is 0 Å². The number of nitrogens with zero attached hydrogens (tertiary/aromatic N) is 5. The van der Waals surface area contributed by atoms with Gasteiger partial charge >= 0.3 is 0 Å². The molecule has 1 aromatic carbocycles.